The van der Waals surface area contributed by atoms with Crippen molar-refractivity contribution in [3.05, 3.63) is 35.7 Å². The standard InChI is InChI=1S/C14H13F3N4O3S.ClH/c15-14(16,17)7-10-19-13(25-21-10)20-12(23)8-3-1-2-4-9(8)24-11(22)5-6-18;/h1-4H,5-7,18H2,(H,19,20,21,23);1H. The van der Waals surface area contributed by atoms with E-state index in [0.717, 1.165) is 0 Å². The Morgan fingerprint density at radius 3 is 2.62 bits per heavy atom. The lowest BCUT2D eigenvalue weighted by molar-refractivity contribution is -0.366. The second-order valence-electron chi connectivity index (χ2n) is 4.84. The third-order valence-corrected chi connectivity index (χ3v) is 3.45. The van der Waals surface area contributed by atoms with Gasteiger partial charge in [-0.3, -0.25) is 14.9 Å². The minimum Gasteiger partial charge on any atom is -1.00 e. The average Bonchev–Trinajstić information content (AvgIpc) is 2.92. The van der Waals surface area contributed by atoms with Gasteiger partial charge < -0.3 is 22.9 Å². The first kappa shape index (κ1) is 21.8. The normalized spacial score (nSPS) is 10.8. The van der Waals surface area contributed by atoms with Crippen LogP contribution >= 0.6 is 11.5 Å². The van der Waals surface area contributed by atoms with Crippen LogP contribution in [0.15, 0.2) is 24.3 Å². The number of esters is 1. The number of alkyl halides is 3. The molecule has 0 fully saturated rings. The summed E-state index contributed by atoms with van der Waals surface area (Å²) in [5, 5.41) is 2.26. The van der Waals surface area contributed by atoms with Gasteiger partial charge in [-0.05, 0) is 12.1 Å². The molecule has 0 aliphatic carbocycles. The third kappa shape index (κ3) is 6.58. The van der Waals surface area contributed by atoms with Gasteiger partial charge in [0.05, 0.1) is 18.5 Å². The predicted molar refractivity (Wildman–Crippen MR) is 82.1 cm³/mol. The average molecular weight is 411 g/mol. The molecule has 1 heterocycles. The van der Waals surface area contributed by atoms with Gasteiger partial charge in [0.1, 0.15) is 12.2 Å². The van der Waals surface area contributed by atoms with Crippen molar-refractivity contribution in [2.75, 3.05) is 11.9 Å². The zero-order valence-electron chi connectivity index (χ0n) is 13.2. The number of hydrogen-bond donors (Lipinski definition) is 2. The van der Waals surface area contributed by atoms with E-state index in [1.165, 1.54) is 12.1 Å². The maximum Gasteiger partial charge on any atom is 0.396 e. The van der Waals surface area contributed by atoms with E-state index >= 15 is 0 Å². The lowest BCUT2D eigenvalue weighted by atomic mass is 10.2. The maximum absolute atomic E-state index is 12.3. The largest absolute Gasteiger partial charge is 1.00 e. The Hall–Kier alpha value is -2.24. The molecule has 7 nitrogen and oxygen atoms in total. The molecule has 26 heavy (non-hydrogen) atoms. The molecule has 2 aromatic rings. The topological polar surface area (TPSA) is 109 Å². The first-order valence-electron chi connectivity index (χ1n) is 7.08. The summed E-state index contributed by atoms with van der Waals surface area (Å²) >= 11 is 0.632. The van der Waals surface area contributed by atoms with E-state index in [-0.39, 0.29) is 35.3 Å². The minimum atomic E-state index is -4.43. The number of carbonyl (C=O) groups is 2. The number of aromatic nitrogens is 2. The molecule has 0 saturated heterocycles. The molecule has 1 aromatic heterocycles. The molecule has 0 bridgehead atoms. The number of carbonyl (C=O) groups excluding carboxylic acids is 2. The molecule has 0 aliphatic heterocycles. The molecule has 1 aromatic carbocycles. The number of hydrogen-bond acceptors (Lipinski definition) is 6. The molecule has 0 saturated carbocycles. The summed E-state index contributed by atoms with van der Waals surface area (Å²) in [5.41, 5.74) is 3.58. The number of halogens is 4. The van der Waals surface area contributed by atoms with Crippen LogP contribution in [0.3, 0.4) is 0 Å². The Morgan fingerprint density at radius 2 is 1.96 bits per heavy atom. The van der Waals surface area contributed by atoms with Crippen LogP contribution in [0, 0.1) is 0 Å². The van der Waals surface area contributed by atoms with Crippen LogP contribution in [0.2, 0.25) is 0 Å². The van der Waals surface area contributed by atoms with Gasteiger partial charge in [-0.15, -0.1) is 0 Å². The fourth-order valence-corrected chi connectivity index (χ4v) is 2.36. The van der Waals surface area contributed by atoms with Crippen LogP contribution < -0.4 is 28.2 Å². The molecular weight excluding hydrogens is 397 g/mol. The summed E-state index contributed by atoms with van der Waals surface area (Å²) in [6.45, 7) is 0.347. The van der Waals surface area contributed by atoms with E-state index < -0.39 is 30.3 Å². The molecule has 0 unspecified atom stereocenters. The number of benzene rings is 1. The number of anilines is 1. The first-order valence-corrected chi connectivity index (χ1v) is 7.85. The smallest absolute Gasteiger partial charge is 0.396 e. The molecule has 0 radical (unpaired) electrons. The quantitative estimate of drug-likeness (QED) is 0.442. The number of rotatable bonds is 6. The van der Waals surface area contributed by atoms with Gasteiger partial charge in [0.25, 0.3) is 5.91 Å². The monoisotopic (exact) mass is 410 g/mol. The number of nitrogens with zero attached hydrogens (tertiary/aromatic N) is 2. The number of ether oxygens (including phenoxy) is 1. The van der Waals surface area contributed by atoms with Crippen LogP contribution in [0.25, 0.3) is 0 Å². The Kier molecular flexibility index (Phi) is 7.93. The van der Waals surface area contributed by atoms with Crippen molar-refractivity contribution in [2.24, 2.45) is 0 Å². The molecule has 12 heteroatoms. The van der Waals surface area contributed by atoms with Crippen molar-refractivity contribution in [1.29, 1.82) is 0 Å². The molecule has 142 valence electrons. The van der Waals surface area contributed by atoms with E-state index in [1.807, 2.05) is 0 Å². The van der Waals surface area contributed by atoms with Gasteiger partial charge in [-0.2, -0.15) is 17.5 Å². The van der Waals surface area contributed by atoms with Gasteiger partial charge in [0.15, 0.2) is 5.82 Å². The molecule has 0 spiro atoms. The van der Waals surface area contributed by atoms with Gasteiger partial charge in [0, 0.05) is 11.5 Å². The fraction of sp³-hybridized carbons (Fsp3) is 0.286. The highest BCUT2D eigenvalue weighted by Gasteiger charge is 2.30. The summed E-state index contributed by atoms with van der Waals surface area (Å²) in [5.74, 6) is -1.60. The van der Waals surface area contributed by atoms with Gasteiger partial charge in [0.2, 0.25) is 5.13 Å². The van der Waals surface area contributed by atoms with Crippen molar-refractivity contribution in [2.45, 2.75) is 19.0 Å². The Morgan fingerprint density at radius 1 is 1.27 bits per heavy atom. The zero-order chi connectivity index (χ0) is 18.4. The summed E-state index contributed by atoms with van der Waals surface area (Å²) in [4.78, 5) is 27.5. The lowest BCUT2D eigenvalue weighted by Gasteiger charge is -2.08. The highest BCUT2D eigenvalue weighted by atomic mass is 35.5. The number of nitrogens with one attached hydrogen (secondary N) is 1. The Bertz CT molecular complexity index is 770. The molecule has 4 N–H and O–H groups in total. The first-order chi connectivity index (χ1) is 11.8. The highest BCUT2D eigenvalue weighted by molar-refractivity contribution is 7.09. The fourth-order valence-electron chi connectivity index (χ4n) is 1.78. The van der Waals surface area contributed by atoms with Crippen LogP contribution in [0.1, 0.15) is 22.6 Å². The zero-order valence-corrected chi connectivity index (χ0v) is 14.7. The number of amides is 1. The lowest BCUT2D eigenvalue weighted by Crippen LogP contribution is -3.00. The van der Waals surface area contributed by atoms with Crippen LogP contribution in [0.5, 0.6) is 5.75 Å². The molecule has 1 amide bonds. The SMILES string of the molecule is [Cl-].[NH3+]CCC(=O)Oc1ccccc1C(=O)Nc1nc(CC(F)(F)F)ns1. The van der Waals surface area contributed by atoms with Crippen molar-refractivity contribution < 1.29 is 45.6 Å². The summed E-state index contributed by atoms with van der Waals surface area (Å²) in [6.07, 6.45) is -5.62. The van der Waals surface area contributed by atoms with Gasteiger partial charge >= 0.3 is 12.1 Å². The Balaban J connectivity index is 0.00000338. The van der Waals surface area contributed by atoms with Crippen molar-refractivity contribution in [1.82, 2.24) is 9.36 Å². The van der Waals surface area contributed by atoms with E-state index in [1.54, 1.807) is 12.1 Å². The van der Waals surface area contributed by atoms with E-state index in [0.29, 0.717) is 18.1 Å². The molecular formula is C14H14ClF3N4O3S. The van der Waals surface area contributed by atoms with E-state index in [2.05, 4.69) is 20.4 Å². The summed E-state index contributed by atoms with van der Waals surface area (Å²) in [6, 6.07) is 5.99. The molecule has 0 aliphatic rings. The van der Waals surface area contributed by atoms with Crippen molar-refractivity contribution >= 4 is 28.5 Å². The predicted octanol–water partition coefficient (Wildman–Crippen LogP) is -1.56. The molecule has 0 atom stereocenters. The van der Waals surface area contributed by atoms with Gasteiger partial charge in [-0.1, -0.05) is 12.1 Å². The second-order valence-corrected chi connectivity index (χ2v) is 5.59. The van der Waals surface area contributed by atoms with Crippen molar-refractivity contribution in [3.63, 3.8) is 0 Å². The second kappa shape index (κ2) is 9.46. The summed E-state index contributed by atoms with van der Waals surface area (Å²) < 4.78 is 45.5. The summed E-state index contributed by atoms with van der Waals surface area (Å²) in [7, 11) is 0. The van der Waals surface area contributed by atoms with Crippen LogP contribution in [0.4, 0.5) is 18.3 Å². The Labute approximate surface area is 156 Å². The minimum absolute atomic E-state index is 0. The van der Waals surface area contributed by atoms with Crippen LogP contribution in [-0.2, 0) is 11.2 Å². The number of quaternary nitrogens is 1. The van der Waals surface area contributed by atoms with Gasteiger partial charge in [-0.25, -0.2) is 4.98 Å². The highest BCUT2D eigenvalue weighted by Crippen LogP contribution is 2.23. The maximum atomic E-state index is 12.3. The van der Waals surface area contributed by atoms with E-state index in [9.17, 15) is 22.8 Å². The molecule has 2 rings (SSSR count). The van der Waals surface area contributed by atoms with Crippen LogP contribution in [-0.4, -0.2) is 34.0 Å². The van der Waals surface area contributed by atoms with Crippen molar-refractivity contribution in [3.8, 4) is 5.75 Å². The third-order valence-electron chi connectivity index (χ3n) is 2.78. The number of para-hydroxylation sites is 1. The van der Waals surface area contributed by atoms with E-state index in [4.69, 9.17) is 4.74 Å².